The summed E-state index contributed by atoms with van der Waals surface area (Å²) in [6.07, 6.45) is 5.45. The number of hydrogen-bond acceptors (Lipinski definition) is 8. The normalized spacial score (nSPS) is 12.2. The van der Waals surface area contributed by atoms with E-state index in [1.807, 2.05) is 48.1 Å². The molecule has 10 heteroatoms. The molecule has 0 bridgehead atoms. The van der Waals surface area contributed by atoms with Crippen LogP contribution in [0.4, 0.5) is 5.13 Å². The van der Waals surface area contributed by atoms with Crippen LogP contribution < -0.4 is 10.5 Å². The van der Waals surface area contributed by atoms with Crippen LogP contribution in [0.15, 0.2) is 42.9 Å². The van der Waals surface area contributed by atoms with Crippen LogP contribution in [0.5, 0.6) is 5.75 Å². The summed E-state index contributed by atoms with van der Waals surface area (Å²) in [5.74, 6) is 1.50. The number of rotatable bonds is 5. The van der Waals surface area contributed by atoms with Crippen LogP contribution in [0.1, 0.15) is 18.0 Å². The highest BCUT2D eigenvalue weighted by molar-refractivity contribution is 7.15. The monoisotopic (exact) mass is 368 g/mol. The van der Waals surface area contributed by atoms with Gasteiger partial charge in [0.25, 0.3) is 0 Å². The van der Waals surface area contributed by atoms with Crippen LogP contribution >= 0.6 is 11.3 Å². The summed E-state index contributed by atoms with van der Waals surface area (Å²) in [5.41, 5.74) is 7.28. The molecule has 2 N–H and O–H groups in total. The zero-order valence-corrected chi connectivity index (χ0v) is 15.0. The first kappa shape index (κ1) is 16.2. The molecule has 0 saturated carbocycles. The van der Waals surface area contributed by atoms with E-state index < -0.39 is 0 Å². The molecule has 0 fully saturated rings. The van der Waals surface area contributed by atoms with Gasteiger partial charge in [-0.1, -0.05) is 16.6 Å². The lowest BCUT2D eigenvalue weighted by molar-refractivity contribution is 0.415. The van der Waals surface area contributed by atoms with Gasteiger partial charge < -0.3 is 10.5 Å². The van der Waals surface area contributed by atoms with Gasteiger partial charge in [-0.25, -0.2) is 9.67 Å². The van der Waals surface area contributed by atoms with Crippen LogP contribution in [0.3, 0.4) is 0 Å². The van der Waals surface area contributed by atoms with E-state index in [9.17, 15) is 0 Å². The summed E-state index contributed by atoms with van der Waals surface area (Å²) < 4.78 is 8.88. The Kier molecular flexibility index (Phi) is 4.09. The minimum absolute atomic E-state index is 0.115. The van der Waals surface area contributed by atoms with Crippen molar-refractivity contribution in [2.24, 2.45) is 0 Å². The van der Waals surface area contributed by atoms with Gasteiger partial charge in [0.05, 0.1) is 13.3 Å². The van der Waals surface area contributed by atoms with Gasteiger partial charge in [-0.2, -0.15) is 0 Å². The van der Waals surface area contributed by atoms with Gasteiger partial charge in [0.1, 0.15) is 22.5 Å². The van der Waals surface area contributed by atoms with E-state index in [1.54, 1.807) is 18.0 Å². The second kappa shape index (κ2) is 6.56. The maximum absolute atomic E-state index is 5.66. The average molecular weight is 368 g/mol. The third kappa shape index (κ3) is 2.90. The fraction of sp³-hybridized carbons (Fsp3) is 0.188. The van der Waals surface area contributed by atoms with Crippen molar-refractivity contribution < 1.29 is 4.74 Å². The van der Waals surface area contributed by atoms with E-state index in [1.165, 1.54) is 11.3 Å². The summed E-state index contributed by atoms with van der Waals surface area (Å²) in [7, 11) is 1.64. The number of aromatic nitrogens is 7. The molecule has 0 radical (unpaired) electrons. The lowest BCUT2D eigenvalue weighted by Crippen LogP contribution is -2.07. The summed E-state index contributed by atoms with van der Waals surface area (Å²) in [4.78, 5) is 4.43. The molecule has 1 atom stereocenters. The Morgan fingerprint density at radius 2 is 1.96 bits per heavy atom. The standard InChI is InChI=1S/C16H16N8OS/c1-10(15-20-21-16(17)26-15)24-9-13(19-22-24)14-18-7-8-23(14)11-3-5-12(25-2)6-4-11/h3-10H,1-2H3,(H2,17,21)/t10-/m1/s1. The number of imidazole rings is 1. The van der Waals surface area contributed by atoms with Gasteiger partial charge in [-0.05, 0) is 31.2 Å². The Morgan fingerprint density at radius 3 is 2.65 bits per heavy atom. The fourth-order valence-electron chi connectivity index (χ4n) is 2.54. The Balaban J connectivity index is 1.65. The smallest absolute Gasteiger partial charge is 0.203 e. The van der Waals surface area contributed by atoms with E-state index in [-0.39, 0.29) is 6.04 Å². The first-order valence-corrected chi connectivity index (χ1v) is 8.66. The summed E-state index contributed by atoms with van der Waals surface area (Å²) in [6, 6.07) is 7.60. The molecule has 0 aliphatic rings. The molecule has 1 aromatic carbocycles. The number of hydrogen-bond donors (Lipinski definition) is 1. The molecule has 3 heterocycles. The molecule has 4 aromatic rings. The van der Waals surface area contributed by atoms with Gasteiger partial charge in [0.15, 0.2) is 5.82 Å². The van der Waals surface area contributed by atoms with Gasteiger partial charge >= 0.3 is 0 Å². The highest BCUT2D eigenvalue weighted by Gasteiger charge is 2.18. The van der Waals surface area contributed by atoms with Crippen molar-refractivity contribution in [1.29, 1.82) is 0 Å². The number of anilines is 1. The maximum Gasteiger partial charge on any atom is 0.203 e. The molecule has 132 valence electrons. The lowest BCUT2D eigenvalue weighted by atomic mass is 10.3. The Morgan fingerprint density at radius 1 is 1.15 bits per heavy atom. The molecule has 0 unspecified atom stereocenters. The molecular formula is C16H16N8OS. The minimum Gasteiger partial charge on any atom is -0.497 e. The van der Waals surface area contributed by atoms with Gasteiger partial charge in [0.2, 0.25) is 5.13 Å². The van der Waals surface area contributed by atoms with Crippen LogP contribution in [-0.2, 0) is 0 Å². The van der Waals surface area contributed by atoms with Crippen molar-refractivity contribution in [3.8, 4) is 23.0 Å². The molecule has 26 heavy (non-hydrogen) atoms. The number of nitrogen functional groups attached to an aromatic ring is 1. The second-order valence-electron chi connectivity index (χ2n) is 5.56. The van der Waals surface area contributed by atoms with Crippen molar-refractivity contribution in [1.82, 2.24) is 34.7 Å². The van der Waals surface area contributed by atoms with E-state index in [0.29, 0.717) is 16.6 Å². The number of nitrogens with zero attached hydrogens (tertiary/aromatic N) is 7. The number of methoxy groups -OCH3 is 1. The molecule has 0 amide bonds. The highest BCUT2D eigenvalue weighted by atomic mass is 32.1. The topological polar surface area (TPSA) is 110 Å². The van der Waals surface area contributed by atoms with Crippen LogP contribution in [0.25, 0.3) is 17.2 Å². The molecule has 0 aliphatic heterocycles. The molecule has 9 nitrogen and oxygen atoms in total. The van der Waals surface area contributed by atoms with Crippen molar-refractivity contribution in [2.45, 2.75) is 13.0 Å². The van der Waals surface area contributed by atoms with E-state index in [4.69, 9.17) is 10.5 Å². The summed E-state index contributed by atoms with van der Waals surface area (Å²) in [6.45, 7) is 1.97. The van der Waals surface area contributed by atoms with Gasteiger partial charge in [-0.3, -0.25) is 4.57 Å². The zero-order chi connectivity index (χ0) is 18.1. The Hall–Kier alpha value is -3.27. The van der Waals surface area contributed by atoms with Gasteiger partial charge in [0, 0.05) is 18.1 Å². The maximum atomic E-state index is 5.66. The lowest BCUT2D eigenvalue weighted by Gasteiger charge is -2.07. The first-order chi connectivity index (χ1) is 12.7. The third-order valence-electron chi connectivity index (χ3n) is 3.94. The van der Waals surface area contributed by atoms with Crippen LogP contribution in [0, 0.1) is 0 Å². The number of ether oxygens (including phenoxy) is 1. The third-order valence-corrected chi connectivity index (χ3v) is 4.86. The van der Waals surface area contributed by atoms with Crippen molar-refractivity contribution in [3.63, 3.8) is 0 Å². The SMILES string of the molecule is COc1ccc(-n2ccnc2-c2cn([C@H](C)c3nnc(N)s3)nn2)cc1. The van der Waals surface area contributed by atoms with E-state index >= 15 is 0 Å². The molecule has 0 saturated heterocycles. The Bertz CT molecular complexity index is 1020. The zero-order valence-electron chi connectivity index (χ0n) is 14.1. The van der Waals surface area contributed by atoms with Crippen LogP contribution in [0.2, 0.25) is 0 Å². The minimum atomic E-state index is -0.115. The quantitative estimate of drug-likeness (QED) is 0.575. The molecule has 4 rings (SSSR count). The molecule has 3 aromatic heterocycles. The molecule has 0 spiro atoms. The predicted molar refractivity (Wildman–Crippen MR) is 97.3 cm³/mol. The van der Waals surface area contributed by atoms with Gasteiger partial charge in [-0.15, -0.1) is 15.3 Å². The summed E-state index contributed by atoms with van der Waals surface area (Å²) in [5, 5.41) is 17.6. The van der Waals surface area contributed by atoms with E-state index in [0.717, 1.165) is 16.4 Å². The largest absolute Gasteiger partial charge is 0.497 e. The number of benzene rings is 1. The highest BCUT2D eigenvalue weighted by Crippen LogP contribution is 2.25. The second-order valence-corrected chi connectivity index (χ2v) is 6.60. The van der Waals surface area contributed by atoms with E-state index in [2.05, 4.69) is 25.5 Å². The number of nitrogens with two attached hydrogens (primary N) is 1. The van der Waals surface area contributed by atoms with Crippen molar-refractivity contribution >= 4 is 16.5 Å². The van der Waals surface area contributed by atoms with Crippen LogP contribution in [-0.4, -0.2) is 41.9 Å². The Labute approximate surface area is 153 Å². The predicted octanol–water partition coefficient (Wildman–Crippen LogP) is 2.18. The molecular weight excluding hydrogens is 352 g/mol. The van der Waals surface area contributed by atoms with Crippen molar-refractivity contribution in [3.05, 3.63) is 47.9 Å². The molecule has 0 aliphatic carbocycles. The average Bonchev–Trinajstić information content (AvgIpc) is 3.41. The fourth-order valence-corrected chi connectivity index (χ4v) is 3.20. The summed E-state index contributed by atoms with van der Waals surface area (Å²) >= 11 is 1.34. The van der Waals surface area contributed by atoms with Crippen molar-refractivity contribution in [2.75, 3.05) is 12.8 Å². The first-order valence-electron chi connectivity index (χ1n) is 7.84.